The van der Waals surface area contributed by atoms with E-state index in [-0.39, 0.29) is 0 Å². The first-order valence-corrected chi connectivity index (χ1v) is 8.09. The average molecular weight is 322 g/mol. The SMILES string of the molecule is CC1(C)OB(c2ccc(CN3CCOCC3)nc2F)OC1(C)C. The van der Waals surface area contributed by atoms with Crippen LogP contribution in [-0.2, 0) is 20.6 Å². The number of ether oxygens (including phenoxy) is 1. The van der Waals surface area contributed by atoms with Gasteiger partial charge in [0.25, 0.3) is 0 Å². The zero-order chi connectivity index (χ0) is 16.7. The van der Waals surface area contributed by atoms with Gasteiger partial charge in [-0.05, 0) is 33.8 Å². The lowest BCUT2D eigenvalue weighted by Crippen LogP contribution is -2.41. The van der Waals surface area contributed by atoms with Crippen LogP contribution in [0.15, 0.2) is 12.1 Å². The van der Waals surface area contributed by atoms with Crippen LogP contribution in [0.1, 0.15) is 33.4 Å². The molecule has 2 saturated heterocycles. The first kappa shape index (κ1) is 16.8. The van der Waals surface area contributed by atoms with Crippen LogP contribution in [0.4, 0.5) is 4.39 Å². The maximum Gasteiger partial charge on any atom is 0.499 e. The summed E-state index contributed by atoms with van der Waals surface area (Å²) in [4.78, 5) is 6.31. The predicted octanol–water partition coefficient (Wildman–Crippen LogP) is 1.35. The minimum atomic E-state index is -0.718. The molecule has 23 heavy (non-hydrogen) atoms. The molecule has 0 spiro atoms. The molecule has 2 aliphatic rings. The Kier molecular flexibility index (Phi) is 4.48. The number of aromatic nitrogens is 1. The fraction of sp³-hybridized carbons (Fsp3) is 0.688. The van der Waals surface area contributed by atoms with Gasteiger partial charge in [-0.15, -0.1) is 0 Å². The maximum atomic E-state index is 14.4. The fourth-order valence-electron chi connectivity index (χ4n) is 2.70. The summed E-state index contributed by atoms with van der Waals surface area (Å²) in [5.41, 5.74) is 0.0896. The molecule has 2 aliphatic heterocycles. The number of nitrogens with zero attached hydrogens (tertiary/aromatic N) is 2. The van der Waals surface area contributed by atoms with Crippen molar-refractivity contribution in [2.75, 3.05) is 26.3 Å². The van der Waals surface area contributed by atoms with E-state index in [0.29, 0.717) is 30.9 Å². The summed E-state index contributed by atoms with van der Waals surface area (Å²) in [6.07, 6.45) is 0. The van der Waals surface area contributed by atoms with E-state index in [2.05, 4.69) is 9.88 Å². The van der Waals surface area contributed by atoms with Crippen LogP contribution in [0.5, 0.6) is 0 Å². The van der Waals surface area contributed by atoms with E-state index in [1.165, 1.54) is 0 Å². The van der Waals surface area contributed by atoms with Crippen LogP contribution in [0.2, 0.25) is 0 Å². The lowest BCUT2D eigenvalue weighted by atomic mass is 9.80. The van der Waals surface area contributed by atoms with Crippen LogP contribution < -0.4 is 5.46 Å². The molecule has 0 unspecified atom stereocenters. The number of hydrogen-bond donors (Lipinski definition) is 0. The molecule has 0 aromatic carbocycles. The molecule has 1 aromatic rings. The molecule has 0 atom stereocenters. The molecule has 126 valence electrons. The molecule has 0 radical (unpaired) electrons. The van der Waals surface area contributed by atoms with Crippen LogP contribution in [0, 0.1) is 5.95 Å². The minimum absolute atomic E-state index is 0.356. The zero-order valence-electron chi connectivity index (χ0n) is 14.3. The van der Waals surface area contributed by atoms with Crippen molar-refractivity contribution in [1.82, 2.24) is 9.88 Å². The maximum absolute atomic E-state index is 14.4. The van der Waals surface area contributed by atoms with E-state index in [4.69, 9.17) is 14.0 Å². The molecular formula is C16H24BFN2O3. The Morgan fingerprint density at radius 1 is 1.13 bits per heavy atom. The standard InChI is InChI=1S/C16H24BFN2O3/c1-15(2)16(3,4)23-17(22-15)13-6-5-12(19-14(13)18)11-20-7-9-21-10-8-20/h5-6H,7-11H2,1-4H3. The van der Waals surface area contributed by atoms with Crippen molar-refractivity contribution in [3.63, 3.8) is 0 Å². The smallest absolute Gasteiger partial charge is 0.399 e. The third-order valence-electron chi connectivity index (χ3n) is 4.93. The zero-order valence-corrected chi connectivity index (χ0v) is 14.3. The van der Waals surface area contributed by atoms with Gasteiger partial charge < -0.3 is 14.0 Å². The van der Waals surface area contributed by atoms with Gasteiger partial charge in [-0.2, -0.15) is 4.39 Å². The highest BCUT2D eigenvalue weighted by atomic mass is 19.1. The second-order valence-corrected chi connectivity index (χ2v) is 7.16. The highest BCUT2D eigenvalue weighted by Gasteiger charge is 2.52. The molecular weight excluding hydrogens is 298 g/mol. The Morgan fingerprint density at radius 3 is 2.30 bits per heavy atom. The van der Waals surface area contributed by atoms with Crippen molar-refractivity contribution in [2.24, 2.45) is 0 Å². The summed E-state index contributed by atoms with van der Waals surface area (Å²) >= 11 is 0. The lowest BCUT2D eigenvalue weighted by Gasteiger charge is -2.32. The molecule has 7 heteroatoms. The monoisotopic (exact) mass is 322 g/mol. The van der Waals surface area contributed by atoms with E-state index < -0.39 is 24.3 Å². The van der Waals surface area contributed by atoms with E-state index in [1.807, 2.05) is 33.8 Å². The van der Waals surface area contributed by atoms with Gasteiger partial charge in [0.05, 0.1) is 30.1 Å². The quantitative estimate of drug-likeness (QED) is 0.621. The second-order valence-electron chi connectivity index (χ2n) is 7.16. The highest BCUT2D eigenvalue weighted by Crippen LogP contribution is 2.36. The summed E-state index contributed by atoms with van der Waals surface area (Å²) in [6.45, 7) is 11.6. The molecule has 0 amide bonds. The number of hydrogen-bond acceptors (Lipinski definition) is 5. The van der Waals surface area contributed by atoms with E-state index in [9.17, 15) is 4.39 Å². The average Bonchev–Trinajstić information content (AvgIpc) is 2.68. The molecule has 5 nitrogen and oxygen atoms in total. The van der Waals surface area contributed by atoms with Crippen molar-refractivity contribution in [3.05, 3.63) is 23.8 Å². The van der Waals surface area contributed by atoms with Crippen molar-refractivity contribution in [2.45, 2.75) is 45.4 Å². The van der Waals surface area contributed by atoms with Crippen LogP contribution in [-0.4, -0.2) is 54.5 Å². The van der Waals surface area contributed by atoms with Gasteiger partial charge in [0, 0.05) is 25.1 Å². The normalized spacial score (nSPS) is 24.1. The summed E-state index contributed by atoms with van der Waals surface area (Å²) in [6, 6.07) is 3.57. The third-order valence-corrected chi connectivity index (χ3v) is 4.93. The molecule has 0 N–H and O–H groups in total. The molecule has 2 fully saturated rings. The van der Waals surface area contributed by atoms with Gasteiger partial charge in [-0.3, -0.25) is 4.90 Å². The highest BCUT2D eigenvalue weighted by molar-refractivity contribution is 6.62. The second kappa shape index (κ2) is 6.13. The van der Waals surface area contributed by atoms with Gasteiger partial charge in [0.1, 0.15) is 0 Å². The van der Waals surface area contributed by atoms with E-state index in [0.717, 1.165) is 13.1 Å². The van der Waals surface area contributed by atoms with Gasteiger partial charge in [-0.25, -0.2) is 4.98 Å². The number of pyridine rings is 1. The third kappa shape index (κ3) is 3.43. The van der Waals surface area contributed by atoms with E-state index >= 15 is 0 Å². The van der Waals surface area contributed by atoms with Gasteiger partial charge in [0.15, 0.2) is 0 Å². The van der Waals surface area contributed by atoms with Crippen molar-refractivity contribution in [3.8, 4) is 0 Å². The topological polar surface area (TPSA) is 43.8 Å². The fourth-order valence-corrected chi connectivity index (χ4v) is 2.70. The van der Waals surface area contributed by atoms with Crippen molar-refractivity contribution in [1.29, 1.82) is 0 Å². The van der Waals surface area contributed by atoms with Crippen LogP contribution in [0.3, 0.4) is 0 Å². The minimum Gasteiger partial charge on any atom is -0.399 e. The van der Waals surface area contributed by atoms with Crippen LogP contribution in [0.25, 0.3) is 0 Å². The van der Waals surface area contributed by atoms with Gasteiger partial charge >= 0.3 is 7.12 Å². The number of rotatable bonds is 3. The van der Waals surface area contributed by atoms with Crippen molar-refractivity contribution < 1.29 is 18.4 Å². The Bertz CT molecular complexity index is 560. The molecule has 0 saturated carbocycles. The number of morpholine rings is 1. The first-order chi connectivity index (χ1) is 10.8. The molecule has 3 rings (SSSR count). The van der Waals surface area contributed by atoms with Crippen LogP contribution >= 0.6 is 0 Å². The predicted molar refractivity (Wildman–Crippen MR) is 86.0 cm³/mol. The summed E-state index contributed by atoms with van der Waals surface area (Å²) in [7, 11) is -0.718. The molecule has 3 heterocycles. The molecule has 0 aliphatic carbocycles. The summed E-state index contributed by atoms with van der Waals surface area (Å²) in [5.74, 6) is -0.519. The largest absolute Gasteiger partial charge is 0.499 e. The number of halogens is 1. The van der Waals surface area contributed by atoms with Gasteiger partial charge in [0.2, 0.25) is 5.95 Å². The van der Waals surface area contributed by atoms with E-state index in [1.54, 1.807) is 6.07 Å². The Labute approximate surface area is 137 Å². The Balaban J connectivity index is 1.72. The molecule has 0 bridgehead atoms. The lowest BCUT2D eigenvalue weighted by molar-refractivity contribution is 0.00578. The Morgan fingerprint density at radius 2 is 1.74 bits per heavy atom. The summed E-state index contributed by atoms with van der Waals surface area (Å²) in [5, 5.41) is 0. The Hall–Kier alpha value is -1.02. The van der Waals surface area contributed by atoms with Crippen molar-refractivity contribution >= 4 is 12.6 Å². The first-order valence-electron chi connectivity index (χ1n) is 8.09. The van der Waals surface area contributed by atoms with Gasteiger partial charge in [-0.1, -0.05) is 6.07 Å². The summed E-state index contributed by atoms with van der Waals surface area (Å²) < 4.78 is 31.5. The molecule has 1 aromatic heterocycles.